The van der Waals surface area contributed by atoms with Crippen LogP contribution in [0.1, 0.15) is 60.8 Å². The van der Waals surface area contributed by atoms with Crippen LogP contribution < -0.4 is 0 Å². The van der Waals surface area contributed by atoms with Crippen molar-refractivity contribution in [3.8, 4) is 0 Å². The molecule has 4 nitrogen and oxygen atoms in total. The Labute approximate surface area is 145 Å². The average Bonchev–Trinajstić information content (AvgIpc) is 2.50. The lowest BCUT2D eigenvalue weighted by molar-refractivity contribution is -0.153. The summed E-state index contributed by atoms with van der Waals surface area (Å²) in [5.41, 5.74) is 0.468. The highest BCUT2D eigenvalue weighted by Gasteiger charge is 2.51. The Balaban J connectivity index is 2.27. The van der Waals surface area contributed by atoms with Gasteiger partial charge >= 0.3 is 5.97 Å². The molecule has 0 aromatic heterocycles. The predicted molar refractivity (Wildman–Crippen MR) is 93.3 cm³/mol. The maximum atomic E-state index is 12.4. The molecule has 0 saturated heterocycles. The standard InChI is InChI=1S/C20H30O4/c1-7-12(2)18(22)24-17-9-8-14-10-16(21)15(19(4,5)23)11-20(14,6)13(17)3/h7,10,13,15,17,23H,8-9,11H2,1-6H3/b12-7+/t13-,15+,17+,20+/m0/s1. The first-order chi connectivity index (χ1) is 11.0. The van der Waals surface area contributed by atoms with E-state index in [1.165, 1.54) is 0 Å². The zero-order valence-corrected chi connectivity index (χ0v) is 15.7. The third-order valence-electron chi connectivity index (χ3n) is 6.15. The summed E-state index contributed by atoms with van der Waals surface area (Å²) in [5.74, 6) is -0.567. The second kappa shape index (κ2) is 6.47. The number of hydrogen-bond donors (Lipinski definition) is 1. The molecule has 1 fully saturated rings. The first-order valence-corrected chi connectivity index (χ1v) is 8.82. The highest BCUT2D eigenvalue weighted by atomic mass is 16.5. The Kier molecular flexibility index (Phi) is 5.10. The summed E-state index contributed by atoms with van der Waals surface area (Å²) >= 11 is 0. The second-order valence-electron chi connectivity index (χ2n) is 8.14. The van der Waals surface area contributed by atoms with E-state index in [0.29, 0.717) is 12.0 Å². The second-order valence-corrected chi connectivity index (χ2v) is 8.14. The van der Waals surface area contributed by atoms with Crippen LogP contribution in [0.25, 0.3) is 0 Å². The molecule has 0 radical (unpaired) electrons. The van der Waals surface area contributed by atoms with Gasteiger partial charge in [-0.15, -0.1) is 0 Å². The summed E-state index contributed by atoms with van der Waals surface area (Å²) in [6.45, 7) is 11.2. The molecule has 0 aromatic carbocycles. The number of allylic oxidation sites excluding steroid dienone is 3. The lowest BCUT2D eigenvalue weighted by atomic mass is 9.56. The number of fused-ring (bicyclic) bond motifs is 1. The number of aliphatic hydroxyl groups is 1. The van der Waals surface area contributed by atoms with Crippen molar-refractivity contribution in [1.29, 1.82) is 0 Å². The fraction of sp³-hybridized carbons (Fsp3) is 0.700. The molecule has 0 amide bonds. The van der Waals surface area contributed by atoms with Crippen molar-refractivity contribution >= 4 is 11.8 Å². The van der Waals surface area contributed by atoms with E-state index in [-0.39, 0.29) is 29.2 Å². The van der Waals surface area contributed by atoms with Gasteiger partial charge in [-0.1, -0.05) is 25.5 Å². The molecule has 1 saturated carbocycles. The van der Waals surface area contributed by atoms with Crippen LogP contribution in [0.2, 0.25) is 0 Å². The van der Waals surface area contributed by atoms with Crippen LogP contribution in [0, 0.1) is 17.3 Å². The van der Waals surface area contributed by atoms with Crippen LogP contribution >= 0.6 is 0 Å². The van der Waals surface area contributed by atoms with Crippen molar-refractivity contribution < 1.29 is 19.4 Å². The number of carbonyl (C=O) groups is 2. The summed E-state index contributed by atoms with van der Waals surface area (Å²) in [7, 11) is 0. The quantitative estimate of drug-likeness (QED) is 0.633. The van der Waals surface area contributed by atoms with E-state index in [4.69, 9.17) is 4.74 Å². The number of hydrogen-bond acceptors (Lipinski definition) is 4. The minimum atomic E-state index is -1.05. The zero-order chi connectivity index (χ0) is 18.3. The Bertz CT molecular complexity index is 593. The average molecular weight is 334 g/mol. The van der Waals surface area contributed by atoms with E-state index in [1.54, 1.807) is 32.9 Å². The number of esters is 1. The summed E-state index contributed by atoms with van der Waals surface area (Å²) in [5, 5.41) is 10.4. The predicted octanol–water partition coefficient (Wildman–Crippen LogP) is 3.59. The van der Waals surface area contributed by atoms with Crippen molar-refractivity contribution in [2.24, 2.45) is 17.3 Å². The van der Waals surface area contributed by atoms with E-state index < -0.39 is 11.5 Å². The van der Waals surface area contributed by atoms with Crippen LogP contribution in [-0.4, -0.2) is 28.6 Å². The van der Waals surface area contributed by atoms with Crippen molar-refractivity contribution in [2.45, 2.75) is 72.5 Å². The van der Waals surface area contributed by atoms with E-state index in [9.17, 15) is 14.7 Å². The highest BCUT2D eigenvalue weighted by molar-refractivity contribution is 5.94. The number of rotatable bonds is 3. The van der Waals surface area contributed by atoms with E-state index in [2.05, 4.69) is 13.8 Å². The van der Waals surface area contributed by atoms with E-state index in [0.717, 1.165) is 18.4 Å². The van der Waals surface area contributed by atoms with Gasteiger partial charge in [-0.3, -0.25) is 4.79 Å². The van der Waals surface area contributed by atoms with Gasteiger partial charge in [-0.05, 0) is 58.4 Å². The molecule has 1 N–H and O–H groups in total. The Morgan fingerprint density at radius 2 is 2.08 bits per heavy atom. The van der Waals surface area contributed by atoms with Gasteiger partial charge in [0.05, 0.1) is 11.5 Å². The molecule has 0 aliphatic heterocycles. The number of ether oxygens (including phenoxy) is 1. The highest BCUT2D eigenvalue weighted by Crippen LogP contribution is 2.53. The first-order valence-electron chi connectivity index (χ1n) is 8.82. The Morgan fingerprint density at radius 3 is 2.62 bits per heavy atom. The molecule has 4 atom stereocenters. The maximum Gasteiger partial charge on any atom is 0.333 e. The fourth-order valence-electron chi connectivity index (χ4n) is 3.99. The largest absolute Gasteiger partial charge is 0.459 e. The van der Waals surface area contributed by atoms with Crippen LogP contribution in [0.5, 0.6) is 0 Å². The van der Waals surface area contributed by atoms with Crippen LogP contribution in [0.15, 0.2) is 23.3 Å². The molecule has 0 heterocycles. The molecule has 24 heavy (non-hydrogen) atoms. The minimum Gasteiger partial charge on any atom is -0.459 e. The molecule has 2 aliphatic rings. The van der Waals surface area contributed by atoms with Gasteiger partial charge in [0.25, 0.3) is 0 Å². The molecular weight excluding hydrogens is 304 g/mol. The SMILES string of the molecule is C/C=C(\C)C(=O)O[C@@H]1CCC2=CC(=O)[C@H](C(C)(C)O)C[C@]2(C)[C@H]1C. The van der Waals surface area contributed by atoms with Gasteiger partial charge in [-0.25, -0.2) is 4.79 Å². The minimum absolute atomic E-state index is 0.0161. The Morgan fingerprint density at radius 1 is 1.46 bits per heavy atom. The van der Waals surface area contributed by atoms with Gasteiger partial charge in [0.2, 0.25) is 0 Å². The first kappa shape index (κ1) is 18.9. The van der Waals surface area contributed by atoms with Gasteiger partial charge in [0, 0.05) is 11.5 Å². The third-order valence-corrected chi connectivity index (χ3v) is 6.15. The van der Waals surface area contributed by atoms with E-state index >= 15 is 0 Å². The van der Waals surface area contributed by atoms with Crippen LogP contribution in [-0.2, 0) is 14.3 Å². The molecular formula is C20H30O4. The maximum absolute atomic E-state index is 12.4. The van der Waals surface area contributed by atoms with Gasteiger partial charge in [0.1, 0.15) is 6.10 Å². The zero-order valence-electron chi connectivity index (χ0n) is 15.7. The Hall–Kier alpha value is -1.42. The lowest BCUT2D eigenvalue weighted by Gasteiger charge is -2.50. The molecule has 0 spiro atoms. The number of carbonyl (C=O) groups excluding carboxylic acids is 2. The van der Waals surface area contributed by atoms with Gasteiger partial charge < -0.3 is 9.84 Å². The van der Waals surface area contributed by atoms with Gasteiger partial charge in [0.15, 0.2) is 5.78 Å². The third kappa shape index (κ3) is 3.34. The normalized spacial score (nSPS) is 34.5. The molecule has 2 rings (SSSR count). The summed E-state index contributed by atoms with van der Waals surface area (Å²) in [4.78, 5) is 24.5. The molecule has 4 heteroatoms. The smallest absolute Gasteiger partial charge is 0.333 e. The fourth-order valence-corrected chi connectivity index (χ4v) is 3.99. The number of ketones is 1. The monoisotopic (exact) mass is 334 g/mol. The summed E-state index contributed by atoms with van der Waals surface area (Å²) in [6, 6.07) is 0. The van der Waals surface area contributed by atoms with E-state index in [1.807, 2.05) is 6.92 Å². The van der Waals surface area contributed by atoms with Crippen molar-refractivity contribution in [3.63, 3.8) is 0 Å². The van der Waals surface area contributed by atoms with Gasteiger partial charge in [-0.2, -0.15) is 0 Å². The molecule has 0 unspecified atom stereocenters. The van der Waals surface area contributed by atoms with Crippen LogP contribution in [0.4, 0.5) is 0 Å². The topological polar surface area (TPSA) is 63.6 Å². The molecule has 134 valence electrons. The summed E-state index contributed by atoms with van der Waals surface area (Å²) in [6.07, 6.45) is 5.43. The van der Waals surface area contributed by atoms with Crippen molar-refractivity contribution in [1.82, 2.24) is 0 Å². The molecule has 0 aromatic rings. The lowest BCUT2D eigenvalue weighted by Crippen LogP contribution is -2.50. The summed E-state index contributed by atoms with van der Waals surface area (Å²) < 4.78 is 5.74. The van der Waals surface area contributed by atoms with Crippen molar-refractivity contribution in [3.05, 3.63) is 23.3 Å². The van der Waals surface area contributed by atoms with Crippen LogP contribution in [0.3, 0.4) is 0 Å². The molecule has 0 bridgehead atoms. The van der Waals surface area contributed by atoms with Crippen molar-refractivity contribution in [2.75, 3.05) is 0 Å². The molecule has 2 aliphatic carbocycles.